The number of halogens is 1. The predicted octanol–water partition coefficient (Wildman–Crippen LogP) is 3.28. The lowest BCUT2D eigenvalue weighted by atomic mass is 9.82. The molecule has 0 spiro atoms. The van der Waals surface area contributed by atoms with Crippen LogP contribution in [0.5, 0.6) is 0 Å². The Bertz CT molecular complexity index is 534. The molecule has 0 saturated carbocycles. The fourth-order valence-electron chi connectivity index (χ4n) is 2.82. The fourth-order valence-corrected chi connectivity index (χ4v) is 2.82. The van der Waals surface area contributed by atoms with Gasteiger partial charge < -0.3 is 9.73 Å². The minimum absolute atomic E-state index is 0.167. The maximum absolute atomic E-state index is 13.6. The van der Waals surface area contributed by atoms with Gasteiger partial charge in [0.1, 0.15) is 11.4 Å². The Morgan fingerprint density at radius 1 is 1.41 bits per heavy atom. The lowest BCUT2D eigenvalue weighted by molar-refractivity contribution is 0.348. The second kappa shape index (κ2) is 4.15. The van der Waals surface area contributed by atoms with Gasteiger partial charge in [-0.15, -0.1) is 0 Å². The van der Waals surface area contributed by atoms with E-state index in [2.05, 4.69) is 12.2 Å². The van der Waals surface area contributed by atoms with E-state index in [4.69, 9.17) is 4.42 Å². The molecule has 2 heterocycles. The summed E-state index contributed by atoms with van der Waals surface area (Å²) in [6, 6.07) is 5.00. The monoisotopic (exact) mass is 233 g/mol. The number of rotatable bonds is 1. The van der Waals surface area contributed by atoms with Crippen LogP contribution in [-0.4, -0.2) is 13.1 Å². The van der Waals surface area contributed by atoms with E-state index in [1.54, 1.807) is 12.3 Å². The molecule has 2 atom stereocenters. The molecule has 1 fully saturated rings. The van der Waals surface area contributed by atoms with Crippen LogP contribution in [0.25, 0.3) is 11.0 Å². The van der Waals surface area contributed by atoms with Crippen LogP contribution in [-0.2, 0) is 0 Å². The number of benzene rings is 1. The summed E-state index contributed by atoms with van der Waals surface area (Å²) < 4.78 is 19.1. The summed E-state index contributed by atoms with van der Waals surface area (Å²) in [5, 5.41) is 4.23. The van der Waals surface area contributed by atoms with Crippen molar-refractivity contribution >= 4 is 11.0 Å². The van der Waals surface area contributed by atoms with Gasteiger partial charge in [-0.2, -0.15) is 0 Å². The first-order valence-corrected chi connectivity index (χ1v) is 6.13. The van der Waals surface area contributed by atoms with Crippen molar-refractivity contribution in [3.63, 3.8) is 0 Å². The Morgan fingerprint density at radius 3 is 3.12 bits per heavy atom. The lowest BCUT2D eigenvalue weighted by Crippen LogP contribution is -2.33. The smallest absolute Gasteiger partial charge is 0.137 e. The van der Waals surface area contributed by atoms with Crippen molar-refractivity contribution in [1.29, 1.82) is 0 Å². The van der Waals surface area contributed by atoms with Gasteiger partial charge in [-0.05, 0) is 49.5 Å². The molecule has 0 unspecified atom stereocenters. The van der Waals surface area contributed by atoms with E-state index in [9.17, 15) is 4.39 Å². The van der Waals surface area contributed by atoms with Gasteiger partial charge >= 0.3 is 0 Å². The Balaban J connectivity index is 2.11. The Hall–Kier alpha value is -1.35. The highest BCUT2D eigenvalue weighted by atomic mass is 19.1. The molecule has 3 rings (SSSR count). The first kappa shape index (κ1) is 10.8. The molecule has 2 nitrogen and oxygen atoms in total. The molecule has 0 amide bonds. The molecule has 1 aliphatic heterocycles. The number of piperidine rings is 1. The first-order chi connectivity index (χ1) is 8.25. The van der Waals surface area contributed by atoms with Crippen LogP contribution >= 0.6 is 0 Å². The largest absolute Gasteiger partial charge is 0.464 e. The van der Waals surface area contributed by atoms with Gasteiger partial charge in [0.05, 0.1) is 6.26 Å². The summed E-state index contributed by atoms with van der Waals surface area (Å²) in [6.07, 6.45) is 2.68. The van der Waals surface area contributed by atoms with Crippen LogP contribution < -0.4 is 5.32 Å². The molecular weight excluding hydrogens is 217 g/mol. The van der Waals surface area contributed by atoms with E-state index in [1.165, 1.54) is 6.07 Å². The Kier molecular flexibility index (Phi) is 2.63. The SMILES string of the molecule is C[C@H]1CNCC[C@H]1c1cc(F)cc2ccoc12. The van der Waals surface area contributed by atoms with Crippen LogP contribution in [0.3, 0.4) is 0 Å². The molecule has 1 aliphatic rings. The topological polar surface area (TPSA) is 25.2 Å². The summed E-state index contributed by atoms with van der Waals surface area (Å²) in [4.78, 5) is 0. The van der Waals surface area contributed by atoms with Crippen LogP contribution in [0.1, 0.15) is 24.8 Å². The van der Waals surface area contributed by atoms with Gasteiger partial charge in [0.15, 0.2) is 0 Å². The van der Waals surface area contributed by atoms with E-state index in [0.29, 0.717) is 11.8 Å². The highest BCUT2D eigenvalue weighted by molar-refractivity contribution is 5.81. The zero-order chi connectivity index (χ0) is 11.8. The summed E-state index contributed by atoms with van der Waals surface area (Å²) in [5.41, 5.74) is 1.88. The maximum atomic E-state index is 13.6. The predicted molar refractivity (Wildman–Crippen MR) is 65.6 cm³/mol. The summed E-state index contributed by atoms with van der Waals surface area (Å²) in [6.45, 7) is 4.19. The van der Waals surface area contributed by atoms with Gasteiger partial charge in [-0.1, -0.05) is 6.92 Å². The maximum Gasteiger partial charge on any atom is 0.137 e. The van der Waals surface area contributed by atoms with Crippen molar-refractivity contribution in [3.8, 4) is 0 Å². The molecule has 2 aromatic rings. The number of hydrogen-bond donors (Lipinski definition) is 1. The van der Waals surface area contributed by atoms with Crippen molar-refractivity contribution in [3.05, 3.63) is 35.8 Å². The molecular formula is C14H16FNO. The zero-order valence-electron chi connectivity index (χ0n) is 9.87. The molecule has 0 radical (unpaired) electrons. The zero-order valence-corrected chi connectivity index (χ0v) is 9.87. The van der Waals surface area contributed by atoms with E-state index in [1.807, 2.05) is 6.07 Å². The molecule has 1 aromatic carbocycles. The summed E-state index contributed by atoms with van der Waals surface area (Å²) in [5.74, 6) is 0.735. The van der Waals surface area contributed by atoms with E-state index >= 15 is 0 Å². The standard InChI is InChI=1S/C14H16FNO/c1-9-8-16-4-2-12(9)13-7-11(15)6-10-3-5-17-14(10)13/h3,5-7,9,12,16H,2,4,8H2,1H3/t9-,12+/m0/s1. The lowest BCUT2D eigenvalue weighted by Gasteiger charge is -2.29. The van der Waals surface area contributed by atoms with Crippen molar-refractivity contribution in [2.45, 2.75) is 19.3 Å². The van der Waals surface area contributed by atoms with Gasteiger partial charge in [0.25, 0.3) is 0 Å². The number of furan rings is 1. The van der Waals surface area contributed by atoms with Crippen molar-refractivity contribution < 1.29 is 8.81 Å². The quantitative estimate of drug-likeness (QED) is 0.817. The highest BCUT2D eigenvalue weighted by Gasteiger charge is 2.25. The minimum Gasteiger partial charge on any atom is -0.464 e. The average molecular weight is 233 g/mol. The molecule has 3 heteroatoms. The number of nitrogens with one attached hydrogen (secondary N) is 1. The third-order valence-electron chi connectivity index (χ3n) is 3.73. The summed E-state index contributed by atoms with van der Waals surface area (Å²) in [7, 11) is 0. The molecule has 17 heavy (non-hydrogen) atoms. The third-order valence-corrected chi connectivity index (χ3v) is 3.73. The first-order valence-electron chi connectivity index (χ1n) is 6.13. The molecule has 1 aromatic heterocycles. The van der Waals surface area contributed by atoms with Gasteiger partial charge in [-0.3, -0.25) is 0 Å². The van der Waals surface area contributed by atoms with Gasteiger partial charge in [-0.25, -0.2) is 4.39 Å². The van der Waals surface area contributed by atoms with E-state index in [-0.39, 0.29) is 5.82 Å². The van der Waals surface area contributed by atoms with E-state index < -0.39 is 0 Å². The van der Waals surface area contributed by atoms with Crippen LogP contribution in [0.2, 0.25) is 0 Å². The van der Waals surface area contributed by atoms with Crippen LogP contribution in [0.15, 0.2) is 28.9 Å². The average Bonchev–Trinajstić information content (AvgIpc) is 2.76. The van der Waals surface area contributed by atoms with Crippen LogP contribution in [0.4, 0.5) is 4.39 Å². The van der Waals surface area contributed by atoms with E-state index in [0.717, 1.165) is 36.0 Å². The van der Waals surface area contributed by atoms with Gasteiger partial charge in [0.2, 0.25) is 0 Å². The minimum atomic E-state index is -0.167. The highest BCUT2D eigenvalue weighted by Crippen LogP contribution is 2.35. The van der Waals surface area contributed by atoms with Crippen molar-refractivity contribution in [1.82, 2.24) is 5.32 Å². The second-order valence-corrected chi connectivity index (χ2v) is 4.91. The Labute approximate surface area is 99.8 Å². The molecule has 1 saturated heterocycles. The molecule has 0 bridgehead atoms. The number of fused-ring (bicyclic) bond motifs is 1. The molecule has 0 aliphatic carbocycles. The summed E-state index contributed by atoms with van der Waals surface area (Å²) >= 11 is 0. The second-order valence-electron chi connectivity index (χ2n) is 4.91. The van der Waals surface area contributed by atoms with Crippen molar-refractivity contribution in [2.24, 2.45) is 5.92 Å². The third kappa shape index (κ3) is 1.84. The van der Waals surface area contributed by atoms with Gasteiger partial charge in [0, 0.05) is 10.9 Å². The molecule has 90 valence electrons. The Morgan fingerprint density at radius 2 is 2.29 bits per heavy atom. The molecule has 1 N–H and O–H groups in total. The van der Waals surface area contributed by atoms with Crippen molar-refractivity contribution in [2.75, 3.05) is 13.1 Å². The normalized spacial score (nSPS) is 25.3. The fraction of sp³-hybridized carbons (Fsp3) is 0.429. The van der Waals surface area contributed by atoms with Crippen LogP contribution in [0, 0.1) is 11.7 Å². The number of hydrogen-bond acceptors (Lipinski definition) is 2.